The first kappa shape index (κ1) is 12.4. The van der Waals surface area contributed by atoms with Gasteiger partial charge in [0.1, 0.15) is 0 Å². The minimum atomic E-state index is 1.14. The van der Waals surface area contributed by atoms with Crippen molar-refractivity contribution in [3.05, 3.63) is 55.3 Å². The van der Waals surface area contributed by atoms with Crippen LogP contribution in [-0.4, -0.2) is 0 Å². The van der Waals surface area contributed by atoms with Gasteiger partial charge in [0.25, 0.3) is 0 Å². The Balaban J connectivity index is 1.91. The molecule has 0 nitrogen and oxygen atoms in total. The second-order valence-electron chi connectivity index (χ2n) is 3.16. The van der Waals surface area contributed by atoms with Gasteiger partial charge in [-0.05, 0) is 74.1 Å². The van der Waals surface area contributed by atoms with Gasteiger partial charge in [-0.1, -0.05) is 11.8 Å². The predicted molar refractivity (Wildman–Crippen MR) is 82.2 cm³/mol. The van der Waals surface area contributed by atoms with Crippen molar-refractivity contribution in [1.82, 2.24) is 0 Å². The van der Waals surface area contributed by atoms with Crippen LogP contribution in [-0.2, 0) is 0 Å². The molecule has 0 aliphatic rings. The quantitative estimate of drug-likeness (QED) is 0.658. The zero-order chi connectivity index (χ0) is 11.9. The maximum Gasteiger partial charge on any atom is 0.0770 e. The molecule has 0 fully saturated rings. The number of hydrogen-bond donors (Lipinski definition) is 0. The summed E-state index contributed by atoms with van der Waals surface area (Å²) in [6, 6.07) is 4.13. The number of allylic oxidation sites excluding steroid dienone is 2. The van der Waals surface area contributed by atoms with Crippen LogP contribution < -0.4 is 0 Å². The maximum atomic E-state index is 3.48. The molecule has 0 saturated heterocycles. The van der Waals surface area contributed by atoms with Crippen LogP contribution in [0.5, 0.6) is 0 Å². The average Bonchev–Trinajstić information content (AvgIpc) is 2.95. The van der Waals surface area contributed by atoms with Crippen LogP contribution in [0.4, 0.5) is 0 Å². The van der Waals surface area contributed by atoms with Crippen molar-refractivity contribution in [3.8, 4) is 11.8 Å². The van der Waals surface area contributed by atoms with Gasteiger partial charge in [0, 0.05) is 5.56 Å². The van der Waals surface area contributed by atoms with E-state index in [1.807, 2.05) is 29.7 Å². The minimum Gasteiger partial charge on any atom is -0.152 e. The highest BCUT2D eigenvalue weighted by atomic mass is 79.9. The highest BCUT2D eigenvalue weighted by Gasteiger charge is 1.93. The Morgan fingerprint density at radius 2 is 1.88 bits per heavy atom. The number of halogens is 1. The van der Waals surface area contributed by atoms with E-state index in [4.69, 9.17) is 0 Å². The maximum absolute atomic E-state index is 3.48. The molecule has 0 N–H and O–H groups in total. The molecule has 3 heteroatoms. The van der Waals surface area contributed by atoms with Gasteiger partial charge in [0.05, 0.1) is 3.79 Å². The standard InChI is InChI=1S/C14H9BrS2/c15-14-13(8-10-17-14)6-4-2-1-3-5-12-7-9-16-11-12/h3-11H/b5-3-,6-4-. The van der Waals surface area contributed by atoms with Crippen LogP contribution in [0.3, 0.4) is 0 Å². The zero-order valence-electron chi connectivity index (χ0n) is 8.89. The van der Waals surface area contributed by atoms with Crippen molar-refractivity contribution in [2.24, 2.45) is 0 Å². The van der Waals surface area contributed by atoms with Crippen molar-refractivity contribution in [2.45, 2.75) is 0 Å². The molecule has 2 rings (SSSR count). The fourth-order valence-corrected chi connectivity index (χ4v) is 2.98. The number of thiophene rings is 2. The van der Waals surface area contributed by atoms with E-state index in [1.54, 1.807) is 22.7 Å². The number of hydrogen-bond acceptors (Lipinski definition) is 2. The fourth-order valence-electron chi connectivity index (χ4n) is 1.16. The molecule has 0 atom stereocenters. The molecule has 0 bridgehead atoms. The first-order chi connectivity index (χ1) is 8.36. The molecular weight excluding hydrogens is 312 g/mol. The molecular formula is C14H9BrS2. The van der Waals surface area contributed by atoms with Gasteiger partial charge >= 0.3 is 0 Å². The Kier molecular flexibility index (Phi) is 4.81. The third kappa shape index (κ3) is 4.01. The summed E-state index contributed by atoms with van der Waals surface area (Å²) in [5, 5.41) is 6.20. The summed E-state index contributed by atoms with van der Waals surface area (Å²) in [5.74, 6) is 5.96. The van der Waals surface area contributed by atoms with Crippen LogP contribution in [0.2, 0.25) is 0 Å². The van der Waals surface area contributed by atoms with E-state index >= 15 is 0 Å². The van der Waals surface area contributed by atoms with Gasteiger partial charge in [-0.15, -0.1) is 11.3 Å². The van der Waals surface area contributed by atoms with Crippen LogP contribution in [0.25, 0.3) is 12.2 Å². The van der Waals surface area contributed by atoms with Gasteiger partial charge in [0.15, 0.2) is 0 Å². The van der Waals surface area contributed by atoms with Gasteiger partial charge in [-0.2, -0.15) is 11.3 Å². The zero-order valence-corrected chi connectivity index (χ0v) is 12.1. The first-order valence-electron chi connectivity index (χ1n) is 4.95. The Labute approximate surface area is 117 Å². The lowest BCUT2D eigenvalue weighted by atomic mass is 10.3. The molecule has 0 aliphatic heterocycles. The van der Waals surface area contributed by atoms with Crippen LogP contribution in [0.15, 0.2) is 44.2 Å². The first-order valence-corrected chi connectivity index (χ1v) is 7.57. The predicted octanol–water partition coefficient (Wildman–Crippen LogP) is 5.30. The van der Waals surface area contributed by atoms with Crippen LogP contribution in [0, 0.1) is 11.8 Å². The van der Waals surface area contributed by atoms with Gasteiger partial charge in [-0.3, -0.25) is 0 Å². The molecule has 84 valence electrons. The molecule has 0 unspecified atom stereocenters. The van der Waals surface area contributed by atoms with Crippen molar-refractivity contribution in [1.29, 1.82) is 0 Å². The highest BCUT2D eigenvalue weighted by Crippen LogP contribution is 2.24. The molecule has 0 amide bonds. The monoisotopic (exact) mass is 320 g/mol. The van der Waals surface area contributed by atoms with E-state index in [0.717, 1.165) is 3.79 Å². The second kappa shape index (κ2) is 6.61. The van der Waals surface area contributed by atoms with Crippen molar-refractivity contribution in [2.75, 3.05) is 0 Å². The summed E-state index contributed by atoms with van der Waals surface area (Å²) in [7, 11) is 0. The molecule has 0 spiro atoms. The lowest BCUT2D eigenvalue weighted by Gasteiger charge is -1.83. The smallest absolute Gasteiger partial charge is 0.0770 e. The Hall–Kier alpha value is -1.08. The molecule has 0 aromatic carbocycles. The summed E-state index contributed by atoms with van der Waals surface area (Å²) in [4.78, 5) is 0. The minimum absolute atomic E-state index is 1.14. The summed E-state index contributed by atoms with van der Waals surface area (Å²) >= 11 is 6.85. The second-order valence-corrected chi connectivity index (χ2v) is 6.18. The molecule has 2 aromatic heterocycles. The van der Waals surface area contributed by atoms with Gasteiger partial charge in [0.2, 0.25) is 0 Å². The molecule has 2 heterocycles. The highest BCUT2D eigenvalue weighted by molar-refractivity contribution is 9.11. The SMILES string of the molecule is Brc1sccc1/C=C\C#C/C=C\c1ccsc1. The van der Waals surface area contributed by atoms with E-state index in [9.17, 15) is 0 Å². The molecule has 17 heavy (non-hydrogen) atoms. The van der Waals surface area contributed by atoms with E-state index < -0.39 is 0 Å². The van der Waals surface area contributed by atoms with Gasteiger partial charge < -0.3 is 0 Å². The summed E-state index contributed by atoms with van der Waals surface area (Å²) < 4.78 is 1.14. The van der Waals surface area contributed by atoms with E-state index in [1.165, 1.54) is 11.1 Å². The fraction of sp³-hybridized carbons (Fsp3) is 0. The summed E-state index contributed by atoms with van der Waals surface area (Å²) in [5.41, 5.74) is 2.37. The van der Waals surface area contributed by atoms with Crippen molar-refractivity contribution < 1.29 is 0 Å². The normalized spacial score (nSPS) is 10.9. The largest absolute Gasteiger partial charge is 0.152 e. The third-order valence-electron chi connectivity index (χ3n) is 1.98. The van der Waals surface area contributed by atoms with E-state index in [0.29, 0.717) is 0 Å². The number of rotatable bonds is 2. The van der Waals surface area contributed by atoms with Crippen molar-refractivity contribution >= 4 is 50.8 Å². The lowest BCUT2D eigenvalue weighted by Crippen LogP contribution is -1.62. The summed E-state index contributed by atoms with van der Waals surface area (Å²) in [6.45, 7) is 0. The lowest BCUT2D eigenvalue weighted by molar-refractivity contribution is 1.83. The molecule has 0 radical (unpaired) electrons. The Bertz CT molecular complexity index is 577. The van der Waals surface area contributed by atoms with Crippen LogP contribution >= 0.6 is 38.6 Å². The molecule has 2 aromatic rings. The Morgan fingerprint density at radius 1 is 1.06 bits per heavy atom. The molecule has 0 aliphatic carbocycles. The topological polar surface area (TPSA) is 0 Å². The molecule has 0 saturated carbocycles. The Morgan fingerprint density at radius 3 is 2.53 bits per heavy atom. The third-order valence-corrected chi connectivity index (χ3v) is 4.41. The summed E-state index contributed by atoms with van der Waals surface area (Å²) in [6.07, 6.45) is 7.75. The van der Waals surface area contributed by atoms with Crippen molar-refractivity contribution in [3.63, 3.8) is 0 Å². The van der Waals surface area contributed by atoms with E-state index in [-0.39, 0.29) is 0 Å². The van der Waals surface area contributed by atoms with Crippen LogP contribution in [0.1, 0.15) is 11.1 Å². The van der Waals surface area contributed by atoms with Gasteiger partial charge in [-0.25, -0.2) is 0 Å². The average molecular weight is 321 g/mol. The van der Waals surface area contributed by atoms with E-state index in [2.05, 4.69) is 50.7 Å².